The number of rotatable bonds is 4. The number of carbonyl (C=O) groups excluding carboxylic acids is 2. The highest BCUT2D eigenvalue weighted by Gasteiger charge is 2.31. The highest BCUT2D eigenvalue weighted by atomic mass is 35.5. The number of halogens is 3. The molecule has 13 heteroatoms. The Balaban J connectivity index is 0.000000477. The Morgan fingerprint density at radius 3 is 1.52 bits per heavy atom. The Morgan fingerprint density at radius 1 is 0.806 bits per heavy atom. The van der Waals surface area contributed by atoms with Gasteiger partial charge in [-0.2, -0.15) is 0 Å². The number of nitrogens with zero attached hydrogens (tertiary/aromatic N) is 4. The van der Waals surface area contributed by atoms with Crippen LogP contribution < -0.4 is 4.74 Å². The first-order valence-corrected chi connectivity index (χ1v) is 9.55. The summed E-state index contributed by atoms with van der Waals surface area (Å²) in [4.78, 5) is 36.4. The second kappa shape index (κ2) is 13.2. The maximum absolute atomic E-state index is 11.3. The van der Waals surface area contributed by atoms with Crippen LogP contribution in [0.1, 0.15) is 27.7 Å². The van der Waals surface area contributed by atoms with E-state index in [1.54, 1.807) is 13.8 Å². The average molecular weight is 498 g/mol. The van der Waals surface area contributed by atoms with Crippen LogP contribution in [0.4, 0.5) is 0 Å². The van der Waals surface area contributed by atoms with E-state index in [0.717, 1.165) is 0 Å². The molecule has 31 heavy (non-hydrogen) atoms. The molecule has 0 unspecified atom stereocenters. The normalized spacial score (nSPS) is 10.5. The average Bonchev–Trinajstić information content (AvgIpc) is 2.66. The van der Waals surface area contributed by atoms with Gasteiger partial charge in [0.15, 0.2) is 5.60 Å². The van der Waals surface area contributed by atoms with Crippen molar-refractivity contribution in [3.05, 3.63) is 40.2 Å². The lowest BCUT2D eigenvalue weighted by Gasteiger charge is -2.22. The van der Waals surface area contributed by atoms with Crippen LogP contribution in [-0.4, -0.2) is 62.4 Å². The van der Waals surface area contributed by atoms with Gasteiger partial charge in [-0.25, -0.2) is 29.5 Å². The molecule has 2 aromatic rings. The van der Waals surface area contributed by atoms with E-state index >= 15 is 0 Å². The highest BCUT2D eigenvalue weighted by Crippen LogP contribution is 2.18. The smallest absolute Gasteiger partial charge is 0.349 e. The Labute approximate surface area is 194 Å². The fourth-order valence-corrected chi connectivity index (χ4v) is 1.97. The van der Waals surface area contributed by atoms with Gasteiger partial charge >= 0.3 is 11.9 Å². The number of ether oxygens (including phenoxy) is 3. The molecule has 0 bridgehead atoms. The van der Waals surface area contributed by atoms with Gasteiger partial charge in [0, 0.05) is 12.1 Å². The lowest BCUT2D eigenvalue weighted by molar-refractivity contribution is -0.158. The number of aromatic nitrogens is 4. The summed E-state index contributed by atoms with van der Waals surface area (Å²) in [6.45, 7) is 5.90. The zero-order valence-corrected chi connectivity index (χ0v) is 20.0. The van der Waals surface area contributed by atoms with Crippen LogP contribution in [0.25, 0.3) is 0 Å². The summed E-state index contributed by atoms with van der Waals surface area (Å²) in [5, 5.41) is 9.79. The van der Waals surface area contributed by atoms with Crippen LogP contribution in [0.15, 0.2) is 24.8 Å². The molecule has 0 saturated carbocycles. The molecular weight excluding hydrogens is 475 g/mol. The molecule has 0 saturated heterocycles. The van der Waals surface area contributed by atoms with Crippen LogP contribution in [0.5, 0.6) is 5.88 Å². The van der Waals surface area contributed by atoms with Gasteiger partial charge in [0.1, 0.15) is 28.1 Å². The van der Waals surface area contributed by atoms with E-state index in [1.807, 2.05) is 0 Å². The minimum absolute atomic E-state index is 0.227. The first-order valence-electron chi connectivity index (χ1n) is 8.41. The van der Waals surface area contributed by atoms with E-state index in [0.29, 0.717) is 10.3 Å². The van der Waals surface area contributed by atoms with Crippen molar-refractivity contribution in [1.82, 2.24) is 19.9 Å². The summed E-state index contributed by atoms with van der Waals surface area (Å²) in [6, 6.07) is 2.90. The third kappa shape index (κ3) is 12.2. The molecule has 0 radical (unpaired) electrons. The molecule has 2 aromatic heterocycles. The van der Waals surface area contributed by atoms with Crippen LogP contribution >= 0.6 is 34.8 Å². The molecule has 10 nitrogen and oxygen atoms in total. The summed E-state index contributed by atoms with van der Waals surface area (Å²) < 4.78 is 14.1. The summed E-state index contributed by atoms with van der Waals surface area (Å²) in [5.74, 6) is -0.875. The Bertz CT molecular complexity index is 845. The summed E-state index contributed by atoms with van der Waals surface area (Å²) in [6.07, 6.45) is 2.57. The Morgan fingerprint density at radius 2 is 1.23 bits per heavy atom. The molecule has 2 heterocycles. The Hall–Kier alpha value is -2.27. The predicted molar refractivity (Wildman–Crippen MR) is 114 cm³/mol. The molecule has 0 aliphatic carbocycles. The van der Waals surface area contributed by atoms with Gasteiger partial charge in [-0.3, -0.25) is 0 Å². The van der Waals surface area contributed by atoms with Gasteiger partial charge in [0.05, 0.1) is 14.2 Å². The highest BCUT2D eigenvalue weighted by molar-refractivity contribution is 6.33. The standard InChI is InChI=1S/C9H11ClN2O3.C5H10O3.C4H2Cl2N2/c1-9(2,8(13)14-3)15-7-4-6(10)11-5-12-7;1-5(2,7)4(6)8-3;5-3-1-4(6)8-2-7-3/h4-5H,1-3H3;7H,1-3H3;1-2H. The second-order valence-electron chi connectivity index (χ2n) is 6.50. The maximum atomic E-state index is 11.3. The number of carbonyl (C=O) groups is 2. The van der Waals surface area contributed by atoms with Crippen molar-refractivity contribution in [2.45, 2.75) is 38.9 Å². The summed E-state index contributed by atoms with van der Waals surface area (Å²) >= 11 is 16.5. The van der Waals surface area contributed by atoms with E-state index in [2.05, 4.69) is 29.4 Å². The molecular formula is C18H23Cl3N4O6. The number of hydrogen-bond acceptors (Lipinski definition) is 10. The molecule has 0 aliphatic heterocycles. The first-order chi connectivity index (χ1) is 14.2. The lowest BCUT2D eigenvalue weighted by atomic mass is 10.1. The summed E-state index contributed by atoms with van der Waals surface area (Å²) in [5.41, 5.74) is -2.46. The Kier molecular flexibility index (Phi) is 12.2. The van der Waals surface area contributed by atoms with E-state index in [4.69, 9.17) is 44.6 Å². The molecule has 0 fully saturated rings. The van der Waals surface area contributed by atoms with Crippen LogP contribution in [0.2, 0.25) is 15.5 Å². The van der Waals surface area contributed by atoms with Crippen molar-refractivity contribution in [3.8, 4) is 5.88 Å². The van der Waals surface area contributed by atoms with E-state index in [-0.39, 0.29) is 11.0 Å². The van der Waals surface area contributed by atoms with Gasteiger partial charge in [0.25, 0.3) is 0 Å². The number of hydrogen-bond donors (Lipinski definition) is 1. The van der Waals surface area contributed by atoms with E-state index in [9.17, 15) is 9.59 Å². The molecule has 2 rings (SSSR count). The molecule has 0 spiro atoms. The third-order valence-electron chi connectivity index (χ3n) is 2.93. The predicted octanol–water partition coefficient (Wildman–Crippen LogP) is 3.17. The van der Waals surface area contributed by atoms with Crippen LogP contribution in [0, 0.1) is 0 Å². The minimum Gasteiger partial charge on any atom is -0.467 e. The van der Waals surface area contributed by atoms with Gasteiger partial charge in [-0.1, -0.05) is 34.8 Å². The van der Waals surface area contributed by atoms with Crippen molar-refractivity contribution in [3.63, 3.8) is 0 Å². The van der Waals surface area contributed by atoms with E-state index < -0.39 is 23.1 Å². The topological polar surface area (TPSA) is 134 Å². The zero-order chi connectivity index (χ0) is 24.2. The SMILES string of the molecule is COC(=O)C(C)(C)O.COC(=O)C(C)(C)Oc1cc(Cl)ncn1.Clc1cc(Cl)ncn1. The minimum atomic E-state index is -1.35. The molecule has 1 N–H and O–H groups in total. The van der Waals surface area contributed by atoms with Gasteiger partial charge < -0.3 is 19.3 Å². The van der Waals surface area contributed by atoms with Crippen LogP contribution in [0.3, 0.4) is 0 Å². The third-order valence-corrected chi connectivity index (χ3v) is 3.55. The van der Waals surface area contributed by atoms with Gasteiger partial charge in [-0.15, -0.1) is 0 Å². The maximum Gasteiger partial charge on any atom is 0.349 e. The lowest BCUT2D eigenvalue weighted by Crippen LogP contribution is -2.39. The van der Waals surface area contributed by atoms with Crippen LogP contribution in [-0.2, 0) is 19.1 Å². The molecule has 0 atom stereocenters. The number of methoxy groups -OCH3 is 2. The number of aliphatic hydroxyl groups is 1. The van der Waals surface area contributed by atoms with Crippen molar-refractivity contribution >= 4 is 46.7 Å². The van der Waals surface area contributed by atoms with Crippen molar-refractivity contribution in [1.29, 1.82) is 0 Å². The quantitative estimate of drug-likeness (QED) is 0.496. The first kappa shape index (κ1) is 28.7. The summed E-state index contributed by atoms with van der Waals surface area (Å²) in [7, 11) is 2.53. The van der Waals surface area contributed by atoms with Gasteiger partial charge in [0.2, 0.25) is 11.5 Å². The van der Waals surface area contributed by atoms with Gasteiger partial charge in [-0.05, 0) is 27.7 Å². The molecule has 0 amide bonds. The fraction of sp³-hybridized carbons (Fsp3) is 0.444. The number of esters is 2. The molecule has 0 aromatic carbocycles. The second-order valence-corrected chi connectivity index (χ2v) is 7.66. The fourth-order valence-electron chi connectivity index (χ4n) is 1.48. The molecule has 0 aliphatic rings. The van der Waals surface area contributed by atoms with Crippen molar-refractivity contribution < 1.29 is 28.9 Å². The largest absolute Gasteiger partial charge is 0.467 e. The van der Waals surface area contributed by atoms with Crippen molar-refractivity contribution in [2.24, 2.45) is 0 Å². The zero-order valence-electron chi connectivity index (χ0n) is 17.7. The monoisotopic (exact) mass is 496 g/mol. The van der Waals surface area contributed by atoms with E-state index in [1.165, 1.54) is 52.9 Å². The van der Waals surface area contributed by atoms with Crippen molar-refractivity contribution in [2.75, 3.05) is 14.2 Å². The molecule has 172 valence electrons.